The predicted molar refractivity (Wildman–Crippen MR) is 86.4 cm³/mol. The average molecular weight is 297 g/mol. The number of methoxy groups -OCH3 is 1. The van der Waals surface area contributed by atoms with Gasteiger partial charge in [0.2, 0.25) is 0 Å². The third-order valence-corrected chi connectivity index (χ3v) is 4.35. The highest BCUT2D eigenvalue weighted by atomic mass is 35.5. The van der Waals surface area contributed by atoms with E-state index >= 15 is 0 Å². The van der Waals surface area contributed by atoms with Crippen LogP contribution in [0.3, 0.4) is 0 Å². The Labute approximate surface area is 127 Å². The number of benzene rings is 2. The molecule has 0 spiro atoms. The van der Waals surface area contributed by atoms with Gasteiger partial charge in [0.05, 0.1) is 23.2 Å². The Bertz CT molecular complexity index is 958. The Morgan fingerprint density at radius 3 is 2.71 bits per heavy atom. The van der Waals surface area contributed by atoms with Crippen LogP contribution in [0.4, 0.5) is 0 Å². The molecule has 0 saturated heterocycles. The highest BCUT2D eigenvalue weighted by molar-refractivity contribution is 6.39. The topological polar surface area (TPSA) is 27.1 Å². The molecule has 0 N–H and O–H groups in total. The fourth-order valence-electron chi connectivity index (χ4n) is 2.89. The van der Waals surface area contributed by atoms with Crippen molar-refractivity contribution in [2.24, 2.45) is 7.05 Å². The van der Waals surface area contributed by atoms with E-state index in [1.165, 1.54) is 0 Å². The van der Waals surface area contributed by atoms with Gasteiger partial charge in [-0.3, -0.25) is 0 Å². The van der Waals surface area contributed by atoms with E-state index < -0.39 is 0 Å². The molecule has 104 valence electrons. The van der Waals surface area contributed by atoms with E-state index in [-0.39, 0.29) is 0 Å². The average Bonchev–Trinajstić information content (AvgIpc) is 2.92. The number of hydrogen-bond donors (Lipinski definition) is 0. The summed E-state index contributed by atoms with van der Waals surface area (Å²) in [6.07, 6.45) is 0. The standard InChI is InChI=1S/C17H13ClN2O/c1-20-14-8-7-10(21-2)9-12(14)16(18)15-11-5-3-4-6-13(11)19-17(15)20/h3-9H,1-2H3. The van der Waals surface area contributed by atoms with E-state index in [4.69, 9.17) is 21.3 Å². The molecule has 0 unspecified atom stereocenters. The molecule has 0 radical (unpaired) electrons. The summed E-state index contributed by atoms with van der Waals surface area (Å²) < 4.78 is 7.39. The molecule has 21 heavy (non-hydrogen) atoms. The van der Waals surface area contributed by atoms with Gasteiger partial charge in [0, 0.05) is 23.4 Å². The van der Waals surface area contributed by atoms with E-state index in [1.807, 2.05) is 43.4 Å². The molecule has 0 aliphatic carbocycles. The largest absolute Gasteiger partial charge is 0.497 e. The van der Waals surface area contributed by atoms with Crippen LogP contribution >= 0.6 is 11.6 Å². The summed E-state index contributed by atoms with van der Waals surface area (Å²) >= 11 is 6.69. The Morgan fingerprint density at radius 2 is 1.90 bits per heavy atom. The van der Waals surface area contributed by atoms with E-state index in [1.54, 1.807) is 7.11 Å². The van der Waals surface area contributed by atoms with Crippen molar-refractivity contribution < 1.29 is 4.74 Å². The van der Waals surface area contributed by atoms with E-state index in [9.17, 15) is 0 Å². The van der Waals surface area contributed by atoms with Crippen LogP contribution in [0.25, 0.3) is 33.2 Å². The van der Waals surface area contributed by atoms with Crippen LogP contribution in [0.1, 0.15) is 0 Å². The van der Waals surface area contributed by atoms with Crippen LogP contribution in [-0.2, 0) is 7.05 Å². The van der Waals surface area contributed by atoms with Crippen LogP contribution in [0.5, 0.6) is 5.75 Å². The predicted octanol–water partition coefficient (Wildman–Crippen LogP) is 4.49. The number of ether oxygens (including phenoxy) is 1. The van der Waals surface area contributed by atoms with Gasteiger partial charge in [-0.15, -0.1) is 0 Å². The minimum absolute atomic E-state index is 0.728. The molecule has 3 nitrogen and oxygen atoms in total. The van der Waals surface area contributed by atoms with E-state index in [0.29, 0.717) is 0 Å². The maximum absolute atomic E-state index is 6.69. The molecule has 2 heterocycles. The second kappa shape index (κ2) is 4.37. The second-order valence-electron chi connectivity index (χ2n) is 5.08. The third-order valence-electron chi connectivity index (χ3n) is 3.96. The Balaban J connectivity index is 2.26. The van der Waals surface area contributed by atoms with Crippen molar-refractivity contribution in [3.63, 3.8) is 0 Å². The molecule has 4 rings (SSSR count). The third kappa shape index (κ3) is 1.64. The highest BCUT2D eigenvalue weighted by Gasteiger charge is 2.21. The van der Waals surface area contributed by atoms with Gasteiger partial charge in [-0.2, -0.15) is 0 Å². The maximum Gasteiger partial charge on any atom is 0.142 e. The maximum atomic E-state index is 6.69. The number of aromatic nitrogens is 2. The molecule has 0 atom stereocenters. The molecule has 0 aromatic heterocycles. The quantitative estimate of drug-likeness (QED) is 0.517. The molecular weight excluding hydrogens is 284 g/mol. The van der Waals surface area contributed by atoms with Crippen molar-refractivity contribution in [1.29, 1.82) is 0 Å². The van der Waals surface area contributed by atoms with Crippen molar-refractivity contribution in [2.45, 2.75) is 0 Å². The second-order valence-corrected chi connectivity index (χ2v) is 5.46. The van der Waals surface area contributed by atoms with Crippen molar-refractivity contribution in [3.05, 3.63) is 47.5 Å². The van der Waals surface area contributed by atoms with Crippen LogP contribution in [0.15, 0.2) is 42.5 Å². The zero-order valence-corrected chi connectivity index (χ0v) is 12.5. The lowest BCUT2D eigenvalue weighted by Crippen LogP contribution is -2.00. The molecule has 0 bridgehead atoms. The number of hydrogen-bond acceptors (Lipinski definition) is 2. The van der Waals surface area contributed by atoms with Gasteiger partial charge in [0.15, 0.2) is 0 Å². The number of pyridine rings is 1. The van der Waals surface area contributed by atoms with Crippen molar-refractivity contribution in [3.8, 4) is 17.1 Å². The van der Waals surface area contributed by atoms with E-state index in [2.05, 4.69) is 10.6 Å². The molecular formula is C17H13ClN2O. The molecule has 0 amide bonds. The Hall–Kier alpha value is -2.26. The highest BCUT2D eigenvalue weighted by Crippen LogP contribution is 2.41. The van der Waals surface area contributed by atoms with Crippen LogP contribution in [0.2, 0.25) is 5.02 Å². The molecule has 2 aromatic rings. The molecule has 0 fully saturated rings. The molecule has 0 saturated carbocycles. The summed E-state index contributed by atoms with van der Waals surface area (Å²) in [7, 11) is 3.67. The first kappa shape index (κ1) is 12.5. The number of rotatable bonds is 1. The van der Waals surface area contributed by atoms with Gasteiger partial charge in [0.1, 0.15) is 11.6 Å². The van der Waals surface area contributed by atoms with Crippen LogP contribution in [-0.4, -0.2) is 16.7 Å². The zero-order valence-electron chi connectivity index (χ0n) is 11.7. The lowest BCUT2D eigenvalue weighted by Gasteiger charge is -2.14. The van der Waals surface area contributed by atoms with Crippen molar-refractivity contribution in [2.75, 3.05) is 7.11 Å². The van der Waals surface area contributed by atoms with Crippen molar-refractivity contribution >= 4 is 33.4 Å². The van der Waals surface area contributed by atoms with Gasteiger partial charge in [0.25, 0.3) is 0 Å². The number of para-hydroxylation sites is 1. The summed E-state index contributed by atoms with van der Waals surface area (Å²) in [6.45, 7) is 0. The summed E-state index contributed by atoms with van der Waals surface area (Å²) in [5.74, 6) is 1.70. The Morgan fingerprint density at radius 1 is 1.10 bits per heavy atom. The summed E-state index contributed by atoms with van der Waals surface area (Å²) in [5.41, 5.74) is 3.00. The van der Waals surface area contributed by atoms with Crippen LogP contribution in [0, 0.1) is 0 Å². The van der Waals surface area contributed by atoms with Gasteiger partial charge >= 0.3 is 0 Å². The first-order valence-electron chi connectivity index (χ1n) is 6.71. The molecule has 4 heteroatoms. The number of nitrogens with zero attached hydrogens (tertiary/aromatic N) is 2. The van der Waals surface area contributed by atoms with E-state index in [0.717, 1.165) is 44.0 Å². The number of fused-ring (bicyclic) bond motifs is 4. The summed E-state index contributed by atoms with van der Waals surface area (Å²) in [6, 6.07) is 14.0. The molecule has 2 aliphatic heterocycles. The van der Waals surface area contributed by atoms with Gasteiger partial charge in [-0.25, -0.2) is 4.98 Å². The lowest BCUT2D eigenvalue weighted by molar-refractivity contribution is 0.415. The zero-order chi connectivity index (χ0) is 14.6. The van der Waals surface area contributed by atoms with Gasteiger partial charge in [-0.1, -0.05) is 29.8 Å². The van der Waals surface area contributed by atoms with Gasteiger partial charge in [-0.05, 0) is 24.3 Å². The summed E-state index contributed by atoms with van der Waals surface area (Å²) in [5, 5.41) is 2.78. The fraction of sp³-hybridized carbons (Fsp3) is 0.118. The number of aryl methyl sites for hydroxylation is 1. The summed E-state index contributed by atoms with van der Waals surface area (Å²) in [4.78, 5) is 4.72. The normalized spacial score (nSPS) is 11.6. The van der Waals surface area contributed by atoms with Crippen molar-refractivity contribution in [1.82, 2.24) is 9.55 Å². The lowest BCUT2D eigenvalue weighted by atomic mass is 10.1. The number of halogens is 1. The monoisotopic (exact) mass is 296 g/mol. The SMILES string of the molecule is COc1ccc2c(c1)c(Cl)c1c3ccccc3nc-1n2C. The first-order chi connectivity index (χ1) is 10.2. The molecule has 2 aromatic carbocycles. The fourth-order valence-corrected chi connectivity index (χ4v) is 3.23. The first-order valence-corrected chi connectivity index (χ1v) is 7.09. The minimum atomic E-state index is 0.728. The smallest absolute Gasteiger partial charge is 0.142 e. The van der Waals surface area contributed by atoms with Crippen LogP contribution < -0.4 is 4.74 Å². The molecule has 2 aliphatic rings. The Kier molecular flexibility index (Phi) is 2.59. The van der Waals surface area contributed by atoms with Gasteiger partial charge < -0.3 is 9.30 Å². The minimum Gasteiger partial charge on any atom is -0.497 e.